The van der Waals surface area contributed by atoms with Crippen LogP contribution in [0, 0.1) is 5.92 Å². The molecular formula is C10H15N5S. The van der Waals surface area contributed by atoms with Crippen LogP contribution < -0.4 is 11.1 Å². The Bertz CT molecular complexity index is 392. The molecule has 5 nitrogen and oxygen atoms in total. The van der Waals surface area contributed by atoms with Gasteiger partial charge in [-0.2, -0.15) is 0 Å². The maximum Gasteiger partial charge on any atom is 0.180 e. The lowest BCUT2D eigenvalue weighted by atomic mass is 10.1. The van der Waals surface area contributed by atoms with Crippen LogP contribution in [0.2, 0.25) is 0 Å². The van der Waals surface area contributed by atoms with E-state index in [1.165, 1.54) is 17.8 Å². The molecule has 86 valence electrons. The quantitative estimate of drug-likeness (QED) is 0.602. The number of hydrogen-bond acceptors (Lipinski definition) is 5. The number of thiazole rings is 1. The van der Waals surface area contributed by atoms with E-state index in [1.54, 1.807) is 6.20 Å². The molecule has 2 heterocycles. The van der Waals surface area contributed by atoms with Crippen molar-refractivity contribution in [1.82, 2.24) is 10.3 Å². The summed E-state index contributed by atoms with van der Waals surface area (Å²) in [6, 6.07) is 0. The van der Waals surface area contributed by atoms with E-state index in [4.69, 9.17) is 5.73 Å². The Labute approximate surface area is 98.5 Å². The van der Waals surface area contributed by atoms with Crippen LogP contribution >= 0.6 is 11.3 Å². The van der Waals surface area contributed by atoms with E-state index in [1.807, 2.05) is 0 Å². The van der Waals surface area contributed by atoms with Crippen LogP contribution in [0.15, 0.2) is 16.2 Å². The number of rotatable bonds is 3. The summed E-state index contributed by atoms with van der Waals surface area (Å²) in [7, 11) is 0. The minimum Gasteiger partial charge on any atom is -0.375 e. The molecule has 0 radical (unpaired) electrons. The predicted molar refractivity (Wildman–Crippen MR) is 68.5 cm³/mol. The van der Waals surface area contributed by atoms with Gasteiger partial charge in [0.2, 0.25) is 0 Å². The van der Waals surface area contributed by atoms with Gasteiger partial charge in [0.1, 0.15) is 0 Å². The van der Waals surface area contributed by atoms with E-state index in [0.717, 1.165) is 24.5 Å². The smallest absolute Gasteiger partial charge is 0.180 e. The molecule has 0 spiro atoms. The summed E-state index contributed by atoms with van der Waals surface area (Å²) in [5, 5.41) is 3.85. The van der Waals surface area contributed by atoms with Crippen molar-refractivity contribution in [2.45, 2.75) is 6.42 Å². The van der Waals surface area contributed by atoms with Gasteiger partial charge in [-0.15, -0.1) is 0 Å². The van der Waals surface area contributed by atoms with E-state index in [-0.39, 0.29) is 0 Å². The lowest BCUT2D eigenvalue weighted by Gasteiger charge is -2.03. The monoisotopic (exact) mass is 237 g/mol. The Hall–Kier alpha value is -1.27. The van der Waals surface area contributed by atoms with Crippen LogP contribution in [0.5, 0.6) is 0 Å². The first-order valence-electron chi connectivity index (χ1n) is 5.23. The van der Waals surface area contributed by atoms with Crippen molar-refractivity contribution >= 4 is 29.0 Å². The molecule has 1 aromatic heterocycles. The molecule has 2 rings (SSSR count). The zero-order chi connectivity index (χ0) is 11.4. The number of nitrogen functional groups attached to an aromatic ring is 1. The average Bonchev–Trinajstić information content (AvgIpc) is 2.91. The third-order valence-electron chi connectivity index (χ3n) is 2.56. The number of aliphatic imine (C=N–C) groups is 2. The molecule has 0 aliphatic carbocycles. The maximum atomic E-state index is 5.57. The normalized spacial score (nSPS) is 21.2. The second kappa shape index (κ2) is 5.18. The highest BCUT2D eigenvalue weighted by molar-refractivity contribution is 7.17. The molecule has 1 aliphatic heterocycles. The Morgan fingerprint density at radius 1 is 1.75 bits per heavy atom. The largest absolute Gasteiger partial charge is 0.375 e. The second-order valence-electron chi connectivity index (χ2n) is 3.74. The Morgan fingerprint density at radius 2 is 2.62 bits per heavy atom. The minimum absolute atomic E-state index is 0.536. The lowest BCUT2D eigenvalue weighted by molar-refractivity contribution is 0.597. The van der Waals surface area contributed by atoms with E-state index in [9.17, 15) is 0 Å². The highest BCUT2D eigenvalue weighted by atomic mass is 32.1. The Kier molecular flexibility index (Phi) is 3.63. The van der Waals surface area contributed by atoms with Gasteiger partial charge in [0.15, 0.2) is 11.0 Å². The summed E-state index contributed by atoms with van der Waals surface area (Å²) in [6.45, 7) is 6.45. The van der Waals surface area contributed by atoms with Crippen LogP contribution in [0.3, 0.4) is 0 Å². The van der Waals surface area contributed by atoms with Crippen LogP contribution in [0.1, 0.15) is 11.3 Å². The van der Waals surface area contributed by atoms with Gasteiger partial charge in [-0.05, 0) is 32.1 Å². The van der Waals surface area contributed by atoms with Crippen molar-refractivity contribution < 1.29 is 0 Å². The summed E-state index contributed by atoms with van der Waals surface area (Å²) in [6.07, 6.45) is 2.87. The van der Waals surface area contributed by atoms with Crippen molar-refractivity contribution in [2.75, 3.05) is 25.4 Å². The first-order valence-corrected chi connectivity index (χ1v) is 6.05. The molecule has 1 aliphatic rings. The standard InChI is InChI=1S/C10H15N5S/c1-12-9(8-6-15-10(11)16-8)14-5-7-2-3-13-4-7/h6-7,13H,1-5H2,(H2,11,15)/b14-9-. The molecular weight excluding hydrogens is 222 g/mol. The molecule has 0 amide bonds. The van der Waals surface area contributed by atoms with E-state index in [0.29, 0.717) is 16.9 Å². The molecule has 0 aromatic carbocycles. The number of amidine groups is 1. The van der Waals surface area contributed by atoms with Gasteiger partial charge in [0.25, 0.3) is 0 Å². The zero-order valence-corrected chi connectivity index (χ0v) is 9.83. The number of nitrogens with zero attached hydrogens (tertiary/aromatic N) is 3. The molecule has 1 saturated heterocycles. The van der Waals surface area contributed by atoms with Gasteiger partial charge in [-0.1, -0.05) is 11.3 Å². The van der Waals surface area contributed by atoms with E-state index < -0.39 is 0 Å². The van der Waals surface area contributed by atoms with Crippen molar-refractivity contribution in [1.29, 1.82) is 0 Å². The predicted octanol–water partition coefficient (Wildman–Crippen LogP) is 0.782. The maximum absolute atomic E-state index is 5.57. The van der Waals surface area contributed by atoms with Crippen LogP contribution in [0.4, 0.5) is 5.13 Å². The SMILES string of the molecule is C=N/C(=N\CC1CCNC1)c1cnc(N)s1. The number of nitrogens with two attached hydrogens (primary N) is 1. The van der Waals surface area contributed by atoms with Crippen LogP contribution in [-0.2, 0) is 0 Å². The fourth-order valence-electron chi connectivity index (χ4n) is 1.68. The third-order valence-corrected chi connectivity index (χ3v) is 3.38. The van der Waals surface area contributed by atoms with Crippen molar-refractivity contribution in [3.63, 3.8) is 0 Å². The van der Waals surface area contributed by atoms with Gasteiger partial charge in [0, 0.05) is 6.54 Å². The molecule has 1 fully saturated rings. The zero-order valence-electron chi connectivity index (χ0n) is 9.02. The van der Waals surface area contributed by atoms with Crippen molar-refractivity contribution in [3.8, 4) is 0 Å². The fraction of sp³-hybridized carbons (Fsp3) is 0.500. The third kappa shape index (κ3) is 2.65. The van der Waals surface area contributed by atoms with Crippen molar-refractivity contribution in [3.05, 3.63) is 11.1 Å². The topological polar surface area (TPSA) is 75.7 Å². The summed E-state index contributed by atoms with van der Waals surface area (Å²) in [4.78, 5) is 13.3. The fourth-order valence-corrected chi connectivity index (χ4v) is 2.34. The number of aromatic nitrogens is 1. The van der Waals surface area contributed by atoms with Gasteiger partial charge >= 0.3 is 0 Å². The van der Waals surface area contributed by atoms with E-state index >= 15 is 0 Å². The first kappa shape index (κ1) is 11.2. The molecule has 16 heavy (non-hydrogen) atoms. The second-order valence-corrected chi connectivity index (χ2v) is 4.81. The highest BCUT2D eigenvalue weighted by Crippen LogP contribution is 2.16. The molecule has 6 heteroatoms. The number of anilines is 1. The van der Waals surface area contributed by atoms with Gasteiger partial charge < -0.3 is 11.1 Å². The average molecular weight is 237 g/mol. The molecule has 1 atom stereocenters. The van der Waals surface area contributed by atoms with Crippen LogP contribution in [-0.4, -0.2) is 37.2 Å². The molecule has 0 bridgehead atoms. The van der Waals surface area contributed by atoms with Gasteiger partial charge in [-0.25, -0.2) is 9.98 Å². The minimum atomic E-state index is 0.536. The number of hydrogen-bond donors (Lipinski definition) is 2. The summed E-state index contributed by atoms with van der Waals surface area (Å²) in [5.41, 5.74) is 5.57. The highest BCUT2D eigenvalue weighted by Gasteiger charge is 2.14. The van der Waals surface area contributed by atoms with Gasteiger partial charge in [-0.3, -0.25) is 4.99 Å². The van der Waals surface area contributed by atoms with Crippen LogP contribution in [0.25, 0.3) is 0 Å². The summed E-state index contributed by atoms with van der Waals surface area (Å²) in [5.74, 6) is 1.27. The molecule has 0 saturated carbocycles. The Balaban J connectivity index is 2.03. The Morgan fingerprint density at radius 3 is 3.19 bits per heavy atom. The summed E-state index contributed by atoms with van der Waals surface area (Å²) >= 11 is 1.39. The van der Waals surface area contributed by atoms with Gasteiger partial charge in [0.05, 0.1) is 11.1 Å². The lowest BCUT2D eigenvalue weighted by Crippen LogP contribution is -2.11. The van der Waals surface area contributed by atoms with E-state index in [2.05, 4.69) is 27.0 Å². The molecule has 1 aromatic rings. The summed E-state index contributed by atoms with van der Waals surface area (Å²) < 4.78 is 0. The molecule has 1 unspecified atom stereocenters. The molecule has 3 N–H and O–H groups in total. The van der Waals surface area contributed by atoms with Crippen molar-refractivity contribution in [2.24, 2.45) is 15.9 Å². The number of nitrogens with one attached hydrogen (secondary N) is 1. The first-order chi connectivity index (χ1) is 7.79.